The number of carbonyl (C=O) groups is 2. The van der Waals surface area contributed by atoms with Gasteiger partial charge in [-0.15, -0.1) is 0 Å². The number of amides is 1. The van der Waals surface area contributed by atoms with E-state index in [1.165, 1.54) is 7.11 Å². The van der Waals surface area contributed by atoms with E-state index in [9.17, 15) is 9.59 Å². The number of ether oxygens (including phenoxy) is 1. The summed E-state index contributed by atoms with van der Waals surface area (Å²) in [5.41, 5.74) is 5.91. The molecule has 0 saturated heterocycles. The van der Waals surface area contributed by atoms with E-state index >= 15 is 0 Å². The Bertz CT molecular complexity index is 1400. The summed E-state index contributed by atoms with van der Waals surface area (Å²) in [4.78, 5) is 37.1. The third-order valence-electron chi connectivity index (χ3n) is 6.87. The number of aromatic nitrogens is 2. The van der Waals surface area contributed by atoms with Gasteiger partial charge in [0.2, 0.25) is 5.91 Å². The number of nitrogens with one attached hydrogen (secondary N) is 1. The molecule has 1 aliphatic heterocycles. The number of methoxy groups -OCH3 is 1. The van der Waals surface area contributed by atoms with Crippen LogP contribution in [0, 0.1) is 0 Å². The Kier molecular flexibility index (Phi) is 7.85. The fourth-order valence-corrected chi connectivity index (χ4v) is 4.94. The Morgan fingerprint density at radius 1 is 0.974 bits per heavy atom. The number of rotatable bonds is 9. The molecule has 7 nitrogen and oxygen atoms in total. The number of benzene rings is 2. The van der Waals surface area contributed by atoms with Gasteiger partial charge < -0.3 is 15.0 Å². The number of hydrogen-bond donors (Lipinski definition) is 1. The van der Waals surface area contributed by atoms with Gasteiger partial charge in [0.15, 0.2) is 0 Å². The molecule has 4 aromatic rings. The molecule has 1 amide bonds. The van der Waals surface area contributed by atoms with Crippen molar-refractivity contribution in [2.45, 2.75) is 25.3 Å². The Balaban J connectivity index is 1.45. The second-order valence-electron chi connectivity index (χ2n) is 9.26. The van der Waals surface area contributed by atoms with Crippen LogP contribution in [0.2, 0.25) is 0 Å². The summed E-state index contributed by atoms with van der Waals surface area (Å²) < 4.78 is 5.10. The van der Waals surface area contributed by atoms with Gasteiger partial charge in [-0.3, -0.25) is 14.8 Å². The number of esters is 1. The molecule has 7 heteroatoms. The van der Waals surface area contributed by atoms with Gasteiger partial charge in [-0.2, -0.15) is 0 Å². The lowest BCUT2D eigenvalue weighted by Gasteiger charge is -2.26. The van der Waals surface area contributed by atoms with Gasteiger partial charge in [-0.25, -0.2) is 4.79 Å². The first-order chi connectivity index (χ1) is 18.6. The van der Waals surface area contributed by atoms with Gasteiger partial charge in [-0.05, 0) is 71.5 Å². The Morgan fingerprint density at radius 2 is 1.76 bits per heavy atom. The monoisotopic (exact) mass is 506 g/mol. The quantitative estimate of drug-likeness (QED) is 0.342. The Hall–Kier alpha value is -4.36. The highest BCUT2D eigenvalue weighted by molar-refractivity contribution is 6.03. The highest BCUT2D eigenvalue weighted by Crippen LogP contribution is 2.36. The molecule has 0 unspecified atom stereocenters. The fourth-order valence-electron chi connectivity index (χ4n) is 4.94. The maximum Gasteiger partial charge on any atom is 0.338 e. The average Bonchev–Trinajstić information content (AvgIpc) is 3.41. The number of fused-ring (bicyclic) bond motifs is 1. The van der Waals surface area contributed by atoms with Crippen molar-refractivity contribution in [2.24, 2.45) is 0 Å². The van der Waals surface area contributed by atoms with E-state index < -0.39 is 12.0 Å². The number of anilines is 1. The smallest absolute Gasteiger partial charge is 0.338 e. The molecule has 3 heterocycles. The molecular weight excluding hydrogens is 476 g/mol. The van der Waals surface area contributed by atoms with Gasteiger partial charge in [0, 0.05) is 49.5 Å². The van der Waals surface area contributed by atoms with E-state index in [-0.39, 0.29) is 5.91 Å². The van der Waals surface area contributed by atoms with Crippen LogP contribution in [0.1, 0.15) is 27.2 Å². The van der Waals surface area contributed by atoms with Crippen LogP contribution in [0.25, 0.3) is 11.1 Å². The predicted molar refractivity (Wildman–Crippen MR) is 147 cm³/mol. The summed E-state index contributed by atoms with van der Waals surface area (Å²) >= 11 is 0. The number of hydrogen-bond acceptors (Lipinski definition) is 6. The molecule has 192 valence electrons. The predicted octanol–water partition coefficient (Wildman–Crippen LogP) is 4.26. The van der Waals surface area contributed by atoms with Gasteiger partial charge in [-0.1, -0.05) is 36.4 Å². The Labute approximate surface area is 222 Å². The normalized spacial score (nSPS) is 13.1. The minimum Gasteiger partial charge on any atom is -0.465 e. The molecule has 0 fully saturated rings. The van der Waals surface area contributed by atoms with Crippen LogP contribution in [-0.4, -0.2) is 48.1 Å². The zero-order valence-corrected chi connectivity index (χ0v) is 21.3. The largest absolute Gasteiger partial charge is 0.465 e. The van der Waals surface area contributed by atoms with Crippen molar-refractivity contribution in [1.29, 1.82) is 0 Å². The van der Waals surface area contributed by atoms with Gasteiger partial charge in [0.1, 0.15) is 0 Å². The molecule has 38 heavy (non-hydrogen) atoms. The van der Waals surface area contributed by atoms with Crippen molar-refractivity contribution in [1.82, 2.24) is 15.3 Å². The van der Waals surface area contributed by atoms with Crippen molar-refractivity contribution in [3.63, 3.8) is 0 Å². The zero-order chi connectivity index (χ0) is 26.3. The molecule has 1 N–H and O–H groups in total. The van der Waals surface area contributed by atoms with Gasteiger partial charge in [0.25, 0.3) is 0 Å². The highest BCUT2D eigenvalue weighted by atomic mass is 16.5. The van der Waals surface area contributed by atoms with Crippen LogP contribution in [0.15, 0.2) is 91.4 Å². The van der Waals surface area contributed by atoms with E-state index in [4.69, 9.17) is 4.74 Å². The molecule has 0 saturated carbocycles. The maximum absolute atomic E-state index is 14.1. The minimum atomic E-state index is -0.432. The lowest BCUT2D eigenvalue weighted by Crippen LogP contribution is -2.48. The van der Waals surface area contributed by atoms with E-state index in [2.05, 4.69) is 15.3 Å². The molecule has 1 aliphatic rings. The fraction of sp³-hybridized carbons (Fsp3) is 0.226. The number of carbonyl (C=O) groups excluding carboxylic acids is 2. The van der Waals surface area contributed by atoms with Crippen LogP contribution in [-0.2, 0) is 28.8 Å². The van der Waals surface area contributed by atoms with E-state index in [0.717, 1.165) is 33.6 Å². The first kappa shape index (κ1) is 25.3. The van der Waals surface area contributed by atoms with E-state index in [0.29, 0.717) is 37.9 Å². The third kappa shape index (κ3) is 5.63. The summed E-state index contributed by atoms with van der Waals surface area (Å²) in [5, 5.41) is 3.49. The summed E-state index contributed by atoms with van der Waals surface area (Å²) in [6.45, 7) is 1.12. The molecule has 0 spiro atoms. The second kappa shape index (κ2) is 11.8. The highest BCUT2D eigenvalue weighted by Gasteiger charge is 2.33. The summed E-state index contributed by atoms with van der Waals surface area (Å²) in [6, 6.07) is 23.1. The van der Waals surface area contributed by atoms with Crippen LogP contribution >= 0.6 is 0 Å². The molecule has 0 aliphatic carbocycles. The molecule has 0 bridgehead atoms. The zero-order valence-electron chi connectivity index (χ0n) is 21.3. The summed E-state index contributed by atoms with van der Waals surface area (Å²) in [5.74, 6) is -0.419. The van der Waals surface area contributed by atoms with Crippen molar-refractivity contribution in [3.8, 4) is 11.1 Å². The van der Waals surface area contributed by atoms with Crippen LogP contribution in [0.5, 0.6) is 0 Å². The van der Waals surface area contributed by atoms with Crippen molar-refractivity contribution >= 4 is 17.6 Å². The van der Waals surface area contributed by atoms with Crippen molar-refractivity contribution in [3.05, 3.63) is 114 Å². The Morgan fingerprint density at radius 3 is 2.50 bits per heavy atom. The lowest BCUT2D eigenvalue weighted by molar-refractivity contribution is -0.120. The van der Waals surface area contributed by atoms with Crippen LogP contribution < -0.4 is 10.2 Å². The first-order valence-electron chi connectivity index (χ1n) is 12.8. The van der Waals surface area contributed by atoms with E-state index in [1.807, 2.05) is 77.7 Å². The van der Waals surface area contributed by atoms with Gasteiger partial charge in [0.05, 0.1) is 18.7 Å². The number of pyridine rings is 2. The average molecular weight is 507 g/mol. The number of nitrogens with zero attached hydrogens (tertiary/aromatic N) is 3. The molecule has 5 rings (SSSR count). The molecular formula is C31H30N4O3. The maximum atomic E-state index is 14.1. The first-order valence-corrected chi connectivity index (χ1v) is 12.8. The molecule has 1 atom stereocenters. The third-order valence-corrected chi connectivity index (χ3v) is 6.87. The van der Waals surface area contributed by atoms with Crippen LogP contribution in [0.4, 0.5) is 5.69 Å². The van der Waals surface area contributed by atoms with E-state index in [1.54, 1.807) is 18.6 Å². The minimum absolute atomic E-state index is 0.0173. The SMILES string of the molecule is COC(=O)c1cc(-c2ccncc2)cc2c1CCN2C(=O)[C@H](Cc1ccccc1)NCCc1ccccn1. The lowest BCUT2D eigenvalue weighted by atomic mass is 9.97. The van der Waals surface area contributed by atoms with Gasteiger partial charge >= 0.3 is 5.97 Å². The van der Waals surface area contributed by atoms with Crippen molar-refractivity contribution in [2.75, 3.05) is 25.1 Å². The second-order valence-corrected chi connectivity index (χ2v) is 9.26. The summed E-state index contributed by atoms with van der Waals surface area (Å²) in [7, 11) is 1.38. The summed E-state index contributed by atoms with van der Waals surface area (Å²) in [6.07, 6.45) is 7.07. The molecule has 0 radical (unpaired) electrons. The van der Waals surface area contributed by atoms with Crippen LogP contribution in [0.3, 0.4) is 0 Å². The molecule has 2 aromatic carbocycles. The molecule has 2 aromatic heterocycles. The standard InChI is InChI=1S/C31H30N4O3/c1-38-31(37)27-20-24(23-10-15-32-16-11-23)21-29-26(27)13-18-35(29)30(36)28(19-22-7-3-2-4-8-22)34-17-12-25-9-5-6-14-33-25/h2-11,14-16,20-21,28,34H,12-13,17-19H2,1H3/t28-/m0/s1. The topological polar surface area (TPSA) is 84.4 Å². The van der Waals surface area contributed by atoms with Crippen molar-refractivity contribution < 1.29 is 14.3 Å².